The average Bonchev–Trinajstić information content (AvgIpc) is 3.84. The summed E-state index contributed by atoms with van der Waals surface area (Å²) in [5.41, 5.74) is 3.26. The van der Waals surface area contributed by atoms with Crippen molar-refractivity contribution in [2.24, 2.45) is 11.8 Å². The number of carbonyl (C=O) groups excluding carboxylic acids is 2. The molecule has 25 heteroatoms. The van der Waals surface area contributed by atoms with Crippen LogP contribution in [0.2, 0.25) is 30.7 Å². The van der Waals surface area contributed by atoms with E-state index in [0.717, 1.165) is 43.5 Å². The number of amides is 1. The summed E-state index contributed by atoms with van der Waals surface area (Å²) in [5.74, 6) is 0.646. The van der Waals surface area contributed by atoms with Crippen LogP contribution in [0, 0.1) is 11.8 Å². The molecule has 0 unspecified atom stereocenters. The highest BCUT2D eigenvalue weighted by atomic mass is 35.5. The third kappa shape index (κ3) is 14.9. The Hall–Kier alpha value is -3.69. The lowest BCUT2D eigenvalue weighted by atomic mass is 9.91. The van der Waals surface area contributed by atoms with Crippen LogP contribution in [-0.2, 0) is 20.0 Å². The number of nitrogens with one attached hydrogen (secondary N) is 3. The maximum atomic E-state index is 13.7. The number of hydrogen-bond acceptors (Lipinski definition) is 11. The standard InChI is InChI=1S/C20H20Cl3N5O3S.C12H14Cl2N4.C8H7Cl2NO3S.2CH4/c1-11-3-6-16(15-8-19-24-17(22)9-18(23)28(19)25-15)27(10-11)20(29)13-7-12(21)4-5-14(13)26-32(2,30)31;1-7-2-3-8(15-6-7)9-4-12-16-10(13)5-11(14)18(12)17-9;1-15(13,14)11-7-3-2-5(9)4-6(7)8(10)12;;/h4-5,7-9,11,16,26H,3,6,10H2,1-2H3;4-5,7-8,15H,2-3,6H2,1H3;2-4,11H,1H3;2*1H4/t11-,16-;7-,8-;;;/m00.../s1. The number of benzene rings is 2. The van der Waals surface area contributed by atoms with Gasteiger partial charge in [-0.25, -0.2) is 35.8 Å². The third-order valence-corrected chi connectivity index (χ3v) is 13.0. The molecule has 0 bridgehead atoms. The molecule has 6 aromatic rings. The zero-order valence-corrected chi connectivity index (χ0v) is 41.8. The number of likely N-dealkylation sites (tertiary alicyclic amines) is 1. The summed E-state index contributed by atoms with van der Waals surface area (Å²) in [6.45, 7) is 5.82. The second-order valence-electron chi connectivity index (χ2n) is 15.7. The second-order valence-corrected chi connectivity index (χ2v) is 21.9. The first-order valence-corrected chi connectivity index (χ1v) is 26.1. The van der Waals surface area contributed by atoms with Crippen LogP contribution in [0.3, 0.4) is 0 Å². The summed E-state index contributed by atoms with van der Waals surface area (Å²) in [6, 6.07) is 15.3. The average molecular weight is 1100 g/mol. The van der Waals surface area contributed by atoms with Gasteiger partial charge in [-0.2, -0.15) is 10.2 Å². The number of sulfonamides is 2. The van der Waals surface area contributed by atoms with E-state index in [-0.39, 0.29) is 66.4 Å². The van der Waals surface area contributed by atoms with Gasteiger partial charge in [0.25, 0.3) is 11.1 Å². The Kier molecular flexibility index (Phi) is 19.4. The van der Waals surface area contributed by atoms with Gasteiger partial charge >= 0.3 is 0 Å². The van der Waals surface area contributed by atoms with Crippen LogP contribution >= 0.6 is 81.2 Å². The molecule has 4 aromatic heterocycles. The minimum atomic E-state index is -3.59. The number of carbonyl (C=O) groups is 2. The molecule has 0 aliphatic carbocycles. The summed E-state index contributed by atoms with van der Waals surface area (Å²) in [6.07, 6.45) is 5.89. The van der Waals surface area contributed by atoms with Gasteiger partial charge in [-0.15, -0.1) is 0 Å². The largest absolute Gasteiger partial charge is 0.330 e. The van der Waals surface area contributed by atoms with Crippen molar-refractivity contribution in [3.63, 3.8) is 0 Å². The van der Waals surface area contributed by atoms with Gasteiger partial charge < -0.3 is 10.2 Å². The van der Waals surface area contributed by atoms with E-state index in [9.17, 15) is 26.4 Å². The van der Waals surface area contributed by atoms with E-state index in [4.69, 9.17) is 81.2 Å². The van der Waals surface area contributed by atoms with Crippen LogP contribution in [0.1, 0.15) is 98.6 Å². The zero-order valence-electron chi connectivity index (χ0n) is 34.9. The molecule has 364 valence electrons. The Morgan fingerprint density at radius 1 is 0.657 bits per heavy atom. The molecule has 6 heterocycles. The van der Waals surface area contributed by atoms with Gasteiger partial charge in [0.15, 0.2) is 11.3 Å². The molecule has 0 radical (unpaired) electrons. The van der Waals surface area contributed by atoms with Crippen molar-refractivity contribution in [1.82, 2.24) is 39.4 Å². The van der Waals surface area contributed by atoms with Crippen molar-refractivity contribution in [2.75, 3.05) is 35.0 Å². The van der Waals surface area contributed by atoms with E-state index in [2.05, 4.69) is 48.8 Å². The third-order valence-electron chi connectivity index (χ3n) is 10.2. The van der Waals surface area contributed by atoms with Crippen LogP contribution in [-0.4, -0.2) is 87.7 Å². The van der Waals surface area contributed by atoms with Crippen molar-refractivity contribution in [3.8, 4) is 0 Å². The van der Waals surface area contributed by atoms with Crippen molar-refractivity contribution in [2.45, 2.75) is 66.5 Å². The topological polar surface area (TPSA) is 202 Å². The normalized spacial score (nSPS) is 18.3. The first kappa shape index (κ1) is 55.9. The predicted molar refractivity (Wildman–Crippen MR) is 271 cm³/mol. The fraction of sp³-hybridized carbons (Fsp3) is 0.381. The Bertz CT molecular complexity index is 2990. The van der Waals surface area contributed by atoms with Crippen molar-refractivity contribution < 1.29 is 26.4 Å². The summed E-state index contributed by atoms with van der Waals surface area (Å²) >= 11 is 41.3. The summed E-state index contributed by atoms with van der Waals surface area (Å²) in [5, 5.41) is 13.9. The van der Waals surface area contributed by atoms with Gasteiger partial charge in [-0.3, -0.25) is 19.0 Å². The van der Waals surface area contributed by atoms with E-state index in [1.54, 1.807) is 21.5 Å². The maximum absolute atomic E-state index is 13.7. The quantitative estimate of drug-likeness (QED) is 0.0967. The van der Waals surface area contributed by atoms with Gasteiger partial charge in [0.2, 0.25) is 20.0 Å². The van der Waals surface area contributed by atoms with E-state index >= 15 is 0 Å². The number of halogens is 7. The number of nitrogens with zero attached hydrogens (tertiary/aromatic N) is 7. The highest BCUT2D eigenvalue weighted by molar-refractivity contribution is 7.92. The number of rotatable bonds is 8. The molecular weight excluding hydrogens is 1050 g/mol. The Morgan fingerprint density at radius 3 is 1.63 bits per heavy atom. The minimum Gasteiger partial charge on any atom is -0.330 e. The number of aromatic nitrogens is 6. The predicted octanol–water partition coefficient (Wildman–Crippen LogP) is 11.1. The number of piperidine rings is 2. The number of fused-ring (bicyclic) bond motifs is 2. The first-order chi connectivity index (χ1) is 30.4. The van der Waals surface area contributed by atoms with Crippen molar-refractivity contribution in [1.29, 1.82) is 0 Å². The molecule has 2 fully saturated rings. The van der Waals surface area contributed by atoms with Crippen molar-refractivity contribution in [3.05, 3.63) is 114 Å². The van der Waals surface area contributed by atoms with Gasteiger partial charge in [-0.1, -0.05) is 98.3 Å². The maximum Gasteiger partial charge on any atom is 0.256 e. The monoisotopic (exact) mass is 1100 g/mol. The SMILES string of the molecule is C.C.CS(=O)(=O)Nc1ccc(Cl)cc1C(=O)Cl.C[C@H]1CC[C@@H](c2cc3nc(Cl)cc(Cl)n3n2)N(C(=O)c2cc(Cl)ccc2NS(C)(=O)=O)C1.C[C@H]1CC[C@@H](c2cc3nc(Cl)cc(Cl)n3n2)NC1. The van der Waals surface area contributed by atoms with Crippen LogP contribution in [0.4, 0.5) is 11.4 Å². The molecule has 16 nitrogen and oxygen atoms in total. The van der Waals surface area contributed by atoms with E-state index in [1.807, 2.05) is 6.07 Å². The molecule has 1 amide bonds. The van der Waals surface area contributed by atoms with Gasteiger partial charge in [0.1, 0.15) is 20.6 Å². The molecule has 2 aliphatic heterocycles. The van der Waals surface area contributed by atoms with Crippen LogP contribution < -0.4 is 14.8 Å². The smallest absolute Gasteiger partial charge is 0.256 e. The molecule has 67 heavy (non-hydrogen) atoms. The van der Waals surface area contributed by atoms with E-state index < -0.39 is 25.3 Å². The van der Waals surface area contributed by atoms with Gasteiger partial charge in [-0.05, 0) is 92.1 Å². The highest BCUT2D eigenvalue weighted by Gasteiger charge is 2.35. The van der Waals surface area contributed by atoms with Crippen LogP contribution in [0.25, 0.3) is 11.3 Å². The minimum absolute atomic E-state index is 0. The first-order valence-electron chi connectivity index (χ1n) is 19.7. The molecule has 0 saturated carbocycles. The summed E-state index contributed by atoms with van der Waals surface area (Å²) in [7, 11) is -7.04. The Morgan fingerprint density at radius 2 is 1.13 bits per heavy atom. The summed E-state index contributed by atoms with van der Waals surface area (Å²) in [4.78, 5) is 34.8. The molecule has 2 aromatic carbocycles. The second kappa shape index (κ2) is 23.3. The zero-order chi connectivity index (χ0) is 47.5. The lowest BCUT2D eigenvalue weighted by Gasteiger charge is -2.38. The fourth-order valence-corrected chi connectivity index (χ4v) is 9.83. The molecule has 2 aliphatic rings. The Labute approximate surface area is 425 Å². The van der Waals surface area contributed by atoms with Crippen LogP contribution in [0.15, 0.2) is 60.7 Å². The molecule has 2 saturated heterocycles. The fourth-order valence-electron chi connectivity index (χ4n) is 7.23. The molecule has 0 spiro atoms. The van der Waals surface area contributed by atoms with Gasteiger partial charge in [0, 0.05) is 40.9 Å². The van der Waals surface area contributed by atoms with Crippen LogP contribution in [0.5, 0.6) is 0 Å². The number of anilines is 2. The van der Waals surface area contributed by atoms with Crippen molar-refractivity contribution >= 4 is 135 Å². The molecule has 4 atom stereocenters. The van der Waals surface area contributed by atoms with Gasteiger partial charge in [0.05, 0.1) is 58.5 Å². The Balaban J connectivity index is 0.000000238. The molecule has 3 N–H and O–H groups in total. The lowest BCUT2D eigenvalue weighted by molar-refractivity contribution is 0.0538. The lowest BCUT2D eigenvalue weighted by Crippen LogP contribution is -2.42. The molecule has 8 rings (SSSR count). The highest BCUT2D eigenvalue weighted by Crippen LogP contribution is 2.36. The molecular formula is C42H49Cl7N10O6S2. The summed E-state index contributed by atoms with van der Waals surface area (Å²) < 4.78 is 53.2. The van der Waals surface area contributed by atoms with E-state index in [1.165, 1.54) is 53.4 Å². The van der Waals surface area contributed by atoms with E-state index in [0.29, 0.717) is 55.5 Å². The number of hydrogen-bond donors (Lipinski definition) is 3.